The second-order valence-corrected chi connectivity index (χ2v) is 6.32. The highest BCUT2D eigenvalue weighted by molar-refractivity contribution is 5.92. The minimum Gasteiger partial charge on any atom is -0.492 e. The maximum absolute atomic E-state index is 12.7. The van der Waals surface area contributed by atoms with Gasteiger partial charge in [0.1, 0.15) is 11.4 Å². The van der Waals surface area contributed by atoms with Gasteiger partial charge in [-0.1, -0.05) is 19.1 Å². The van der Waals surface area contributed by atoms with Gasteiger partial charge in [-0.05, 0) is 43.9 Å². The first-order chi connectivity index (χ1) is 12.2. The van der Waals surface area contributed by atoms with Crippen LogP contribution < -0.4 is 10.1 Å². The van der Waals surface area contributed by atoms with Crippen molar-refractivity contribution < 1.29 is 9.53 Å². The molecule has 1 aliphatic rings. The van der Waals surface area contributed by atoms with E-state index in [1.54, 1.807) is 12.3 Å². The standard InChI is InChI=1S/C19H24N4O2/c1-3-25-17-9-5-4-8-15(17)21-19-20-11-10-16(22-19)18(24)23-12-6-7-14(2)13-23/h4-5,8-11,14H,3,6-7,12-13H2,1-2H3,(H,20,21,22). The molecule has 1 unspecified atom stereocenters. The Morgan fingerprint density at radius 3 is 3.00 bits per heavy atom. The SMILES string of the molecule is CCOc1ccccc1Nc1nccc(C(=O)N2CCCC(C)C2)n1. The molecule has 1 aromatic carbocycles. The number of para-hydroxylation sites is 2. The average Bonchev–Trinajstić information content (AvgIpc) is 2.63. The molecule has 1 amide bonds. The summed E-state index contributed by atoms with van der Waals surface area (Å²) in [6, 6.07) is 9.27. The first-order valence-corrected chi connectivity index (χ1v) is 8.78. The second-order valence-electron chi connectivity index (χ2n) is 6.32. The van der Waals surface area contributed by atoms with Crippen LogP contribution in [0.4, 0.5) is 11.6 Å². The van der Waals surface area contributed by atoms with Gasteiger partial charge in [-0.25, -0.2) is 9.97 Å². The number of nitrogens with one attached hydrogen (secondary N) is 1. The summed E-state index contributed by atoms with van der Waals surface area (Å²) in [6.45, 7) is 6.27. The van der Waals surface area contributed by atoms with Crippen molar-refractivity contribution in [2.24, 2.45) is 5.92 Å². The number of carbonyl (C=O) groups excluding carboxylic acids is 1. The molecule has 1 fully saturated rings. The maximum Gasteiger partial charge on any atom is 0.272 e. The van der Waals surface area contributed by atoms with E-state index >= 15 is 0 Å². The van der Waals surface area contributed by atoms with Gasteiger partial charge < -0.3 is 15.0 Å². The second kappa shape index (κ2) is 7.96. The fraction of sp³-hybridized carbons (Fsp3) is 0.421. The third-order valence-corrected chi connectivity index (χ3v) is 4.25. The number of amides is 1. The number of nitrogens with zero attached hydrogens (tertiary/aromatic N) is 3. The fourth-order valence-electron chi connectivity index (χ4n) is 3.05. The monoisotopic (exact) mass is 340 g/mol. The van der Waals surface area contributed by atoms with Crippen LogP contribution in [0.1, 0.15) is 37.2 Å². The lowest BCUT2D eigenvalue weighted by Crippen LogP contribution is -2.39. The van der Waals surface area contributed by atoms with Crippen molar-refractivity contribution in [3.8, 4) is 5.75 Å². The molecule has 1 atom stereocenters. The van der Waals surface area contributed by atoms with E-state index in [-0.39, 0.29) is 5.91 Å². The minimum absolute atomic E-state index is 0.0323. The smallest absolute Gasteiger partial charge is 0.272 e. The summed E-state index contributed by atoms with van der Waals surface area (Å²) < 4.78 is 5.60. The predicted molar refractivity (Wildman–Crippen MR) is 97.2 cm³/mol. The molecule has 132 valence electrons. The maximum atomic E-state index is 12.7. The number of hydrogen-bond donors (Lipinski definition) is 1. The quantitative estimate of drug-likeness (QED) is 0.902. The van der Waals surface area contributed by atoms with Gasteiger partial charge in [-0.2, -0.15) is 0 Å². The van der Waals surface area contributed by atoms with Gasteiger partial charge in [-0.3, -0.25) is 4.79 Å². The molecule has 1 N–H and O–H groups in total. The number of benzene rings is 1. The largest absolute Gasteiger partial charge is 0.492 e. The van der Waals surface area contributed by atoms with Crippen molar-refractivity contribution in [3.63, 3.8) is 0 Å². The fourth-order valence-corrected chi connectivity index (χ4v) is 3.05. The number of likely N-dealkylation sites (tertiary alicyclic amines) is 1. The van der Waals surface area contributed by atoms with Crippen LogP contribution in [0.25, 0.3) is 0 Å². The van der Waals surface area contributed by atoms with E-state index in [0.717, 1.165) is 30.9 Å². The lowest BCUT2D eigenvalue weighted by molar-refractivity contribution is 0.0677. The number of ether oxygens (including phenoxy) is 1. The normalized spacial score (nSPS) is 17.2. The number of aromatic nitrogens is 2. The molecule has 0 radical (unpaired) electrons. The first-order valence-electron chi connectivity index (χ1n) is 8.78. The van der Waals surface area contributed by atoms with E-state index in [1.807, 2.05) is 36.1 Å². The summed E-state index contributed by atoms with van der Waals surface area (Å²) in [5.74, 6) is 1.63. The van der Waals surface area contributed by atoms with Crippen LogP contribution in [0.15, 0.2) is 36.5 Å². The van der Waals surface area contributed by atoms with Crippen molar-refractivity contribution in [1.82, 2.24) is 14.9 Å². The molecule has 0 spiro atoms. The lowest BCUT2D eigenvalue weighted by atomic mass is 10.00. The van der Waals surface area contributed by atoms with Gasteiger partial charge >= 0.3 is 0 Å². The highest BCUT2D eigenvalue weighted by atomic mass is 16.5. The van der Waals surface area contributed by atoms with Gasteiger partial charge in [-0.15, -0.1) is 0 Å². The summed E-state index contributed by atoms with van der Waals surface area (Å²) in [7, 11) is 0. The summed E-state index contributed by atoms with van der Waals surface area (Å²) in [6.07, 6.45) is 3.83. The molecule has 1 aliphatic heterocycles. The number of hydrogen-bond acceptors (Lipinski definition) is 5. The Morgan fingerprint density at radius 2 is 2.20 bits per heavy atom. The molecule has 3 rings (SSSR count). The summed E-state index contributed by atoms with van der Waals surface area (Å²) in [4.78, 5) is 23.2. The zero-order chi connectivity index (χ0) is 17.6. The van der Waals surface area contributed by atoms with Crippen molar-refractivity contribution in [1.29, 1.82) is 0 Å². The lowest BCUT2D eigenvalue weighted by Gasteiger charge is -2.30. The third-order valence-electron chi connectivity index (χ3n) is 4.25. The van der Waals surface area contributed by atoms with Gasteiger partial charge in [0.2, 0.25) is 5.95 Å². The Morgan fingerprint density at radius 1 is 1.36 bits per heavy atom. The Balaban J connectivity index is 1.76. The van der Waals surface area contributed by atoms with E-state index in [0.29, 0.717) is 24.2 Å². The summed E-state index contributed by atoms with van der Waals surface area (Å²) in [5.41, 5.74) is 1.20. The number of rotatable bonds is 5. The highest BCUT2D eigenvalue weighted by Crippen LogP contribution is 2.26. The average molecular weight is 340 g/mol. The van der Waals surface area contributed by atoms with Gasteiger partial charge in [0.15, 0.2) is 0 Å². The molecular formula is C19H24N4O2. The van der Waals surface area contributed by atoms with Crippen LogP contribution in [0.3, 0.4) is 0 Å². The zero-order valence-electron chi connectivity index (χ0n) is 14.7. The molecule has 6 heteroatoms. The summed E-state index contributed by atoms with van der Waals surface area (Å²) in [5, 5.41) is 3.15. The number of carbonyl (C=O) groups is 1. The van der Waals surface area contributed by atoms with Gasteiger partial charge in [0.05, 0.1) is 12.3 Å². The van der Waals surface area contributed by atoms with E-state index in [4.69, 9.17) is 4.74 Å². The van der Waals surface area contributed by atoms with Crippen molar-refractivity contribution in [3.05, 3.63) is 42.2 Å². The molecule has 1 aromatic heterocycles. The molecule has 2 aromatic rings. The van der Waals surface area contributed by atoms with Crippen LogP contribution in [0.5, 0.6) is 5.75 Å². The van der Waals surface area contributed by atoms with Crippen molar-refractivity contribution >= 4 is 17.5 Å². The van der Waals surface area contributed by atoms with Crippen LogP contribution in [-0.2, 0) is 0 Å². The predicted octanol–water partition coefficient (Wildman–Crippen LogP) is 3.49. The van der Waals surface area contributed by atoms with E-state index in [2.05, 4.69) is 22.2 Å². The van der Waals surface area contributed by atoms with E-state index in [9.17, 15) is 4.79 Å². The third kappa shape index (κ3) is 4.26. The number of piperidine rings is 1. The Bertz CT molecular complexity index is 735. The highest BCUT2D eigenvalue weighted by Gasteiger charge is 2.23. The van der Waals surface area contributed by atoms with E-state index in [1.165, 1.54) is 6.42 Å². The minimum atomic E-state index is -0.0323. The van der Waals surface area contributed by atoms with Gasteiger partial charge in [0.25, 0.3) is 5.91 Å². The van der Waals surface area contributed by atoms with Crippen molar-refractivity contribution in [2.75, 3.05) is 25.0 Å². The zero-order valence-corrected chi connectivity index (χ0v) is 14.7. The topological polar surface area (TPSA) is 67.3 Å². The molecule has 2 heterocycles. The first kappa shape index (κ1) is 17.2. The van der Waals surface area contributed by atoms with Crippen molar-refractivity contribution in [2.45, 2.75) is 26.7 Å². The molecule has 0 aliphatic carbocycles. The summed E-state index contributed by atoms with van der Waals surface area (Å²) >= 11 is 0. The van der Waals surface area contributed by atoms with Crippen LogP contribution in [-0.4, -0.2) is 40.5 Å². The molecule has 1 saturated heterocycles. The Hall–Kier alpha value is -2.63. The van der Waals surface area contributed by atoms with Crippen LogP contribution in [0.2, 0.25) is 0 Å². The molecule has 0 bridgehead atoms. The van der Waals surface area contributed by atoms with Crippen LogP contribution in [0, 0.1) is 5.92 Å². The Kier molecular flexibility index (Phi) is 5.48. The van der Waals surface area contributed by atoms with Gasteiger partial charge in [0, 0.05) is 19.3 Å². The molecule has 6 nitrogen and oxygen atoms in total. The molecule has 0 saturated carbocycles. The van der Waals surface area contributed by atoms with E-state index < -0.39 is 0 Å². The van der Waals surface area contributed by atoms with Crippen LogP contribution >= 0.6 is 0 Å². The number of anilines is 2. The molecule has 25 heavy (non-hydrogen) atoms. The molecular weight excluding hydrogens is 316 g/mol. The Labute approximate surface area is 148 Å².